The van der Waals surface area contributed by atoms with Crippen molar-refractivity contribution < 1.29 is 9.50 Å². The molecule has 10 heteroatoms. The number of fused-ring (bicyclic) bond motifs is 1. The zero-order valence-electron chi connectivity index (χ0n) is 20.5. The number of anilines is 1. The van der Waals surface area contributed by atoms with Gasteiger partial charge in [-0.05, 0) is 47.5 Å². The molecule has 192 valence electrons. The second-order valence-electron chi connectivity index (χ2n) is 9.23. The van der Waals surface area contributed by atoms with Crippen LogP contribution in [0.5, 0.6) is 5.75 Å². The van der Waals surface area contributed by atoms with Gasteiger partial charge in [0.2, 0.25) is 0 Å². The number of phenolic OH excluding ortho intramolecular Hbond substituents is 1. The van der Waals surface area contributed by atoms with Crippen LogP contribution in [0, 0.1) is 5.82 Å². The van der Waals surface area contributed by atoms with Crippen LogP contribution in [0.25, 0.3) is 39.0 Å². The van der Waals surface area contributed by atoms with Gasteiger partial charge in [-0.1, -0.05) is 17.7 Å². The van der Waals surface area contributed by atoms with Crippen LogP contribution in [0.4, 0.5) is 10.1 Å². The summed E-state index contributed by atoms with van der Waals surface area (Å²) in [4.78, 5) is 23.6. The minimum absolute atomic E-state index is 0.0819. The average molecular weight is 531 g/mol. The number of imidazole rings is 1. The number of aromatic hydroxyl groups is 1. The summed E-state index contributed by atoms with van der Waals surface area (Å²) in [6.45, 7) is 3.27. The van der Waals surface area contributed by atoms with Crippen LogP contribution in [-0.2, 0) is 7.05 Å². The molecule has 1 aliphatic heterocycles. The van der Waals surface area contributed by atoms with Gasteiger partial charge in [-0.15, -0.1) is 0 Å². The number of benzene rings is 3. The summed E-state index contributed by atoms with van der Waals surface area (Å²) in [5.41, 5.74) is 4.32. The largest absolute Gasteiger partial charge is 0.507 e. The van der Waals surface area contributed by atoms with E-state index in [9.17, 15) is 9.90 Å². The number of aromatic nitrogens is 4. The molecule has 2 aromatic heterocycles. The van der Waals surface area contributed by atoms with Gasteiger partial charge < -0.3 is 19.9 Å². The number of aryl methyl sites for hydroxylation is 1. The van der Waals surface area contributed by atoms with Gasteiger partial charge in [0, 0.05) is 69.1 Å². The molecule has 1 fully saturated rings. The number of piperazine rings is 1. The maximum absolute atomic E-state index is 15.0. The van der Waals surface area contributed by atoms with Gasteiger partial charge in [0.05, 0.1) is 21.9 Å². The Hall–Kier alpha value is -4.21. The van der Waals surface area contributed by atoms with Crippen molar-refractivity contribution in [3.63, 3.8) is 0 Å². The smallest absolute Gasteiger partial charge is 0.332 e. The highest BCUT2D eigenvalue weighted by molar-refractivity contribution is 6.32. The van der Waals surface area contributed by atoms with Crippen molar-refractivity contribution in [3.05, 3.63) is 88.6 Å². The maximum Gasteiger partial charge on any atom is 0.332 e. The van der Waals surface area contributed by atoms with Crippen LogP contribution in [0.3, 0.4) is 0 Å². The molecule has 0 spiro atoms. The van der Waals surface area contributed by atoms with E-state index in [1.165, 1.54) is 21.3 Å². The molecule has 3 heterocycles. The normalized spacial score (nSPS) is 13.8. The molecule has 6 rings (SSSR count). The van der Waals surface area contributed by atoms with E-state index in [2.05, 4.69) is 20.2 Å². The first-order valence-electron chi connectivity index (χ1n) is 12.2. The quantitative estimate of drug-likeness (QED) is 0.359. The standard InChI is InChI=1S/C28H24ClFN6O2/c1-34-10-11-36(28(34)38)24-3-2-17(12-22(24)29)20-15-19(30)16-21(27(20)37)18-13-23-26(33-5-4-32-23)25(14-18)35-8-6-31-7-9-35/h2-5,10-16,31,37H,6-9H2,1H3. The minimum Gasteiger partial charge on any atom is -0.507 e. The number of nitrogens with zero attached hydrogens (tertiary/aromatic N) is 5. The Morgan fingerprint density at radius 2 is 1.68 bits per heavy atom. The zero-order valence-corrected chi connectivity index (χ0v) is 21.3. The molecule has 0 unspecified atom stereocenters. The van der Waals surface area contributed by atoms with Gasteiger partial charge >= 0.3 is 5.69 Å². The van der Waals surface area contributed by atoms with Gasteiger partial charge in [0.15, 0.2) is 0 Å². The van der Waals surface area contributed by atoms with E-state index in [1.54, 1.807) is 50.0 Å². The summed E-state index contributed by atoms with van der Waals surface area (Å²) in [5, 5.41) is 15.0. The summed E-state index contributed by atoms with van der Waals surface area (Å²) in [5.74, 6) is -0.586. The van der Waals surface area contributed by atoms with Gasteiger partial charge in [-0.2, -0.15) is 0 Å². The van der Waals surface area contributed by atoms with Crippen LogP contribution in [-0.4, -0.2) is 50.4 Å². The van der Waals surface area contributed by atoms with E-state index in [0.29, 0.717) is 32.9 Å². The van der Waals surface area contributed by atoms with Crippen LogP contribution < -0.4 is 15.9 Å². The zero-order chi connectivity index (χ0) is 26.4. The molecule has 8 nitrogen and oxygen atoms in total. The molecule has 0 atom stereocenters. The number of hydrogen-bond acceptors (Lipinski definition) is 6. The molecule has 0 amide bonds. The molecule has 5 aromatic rings. The first-order valence-corrected chi connectivity index (χ1v) is 12.6. The van der Waals surface area contributed by atoms with Crippen molar-refractivity contribution in [2.75, 3.05) is 31.1 Å². The van der Waals surface area contributed by atoms with Crippen molar-refractivity contribution >= 4 is 28.3 Å². The van der Waals surface area contributed by atoms with Crippen molar-refractivity contribution in [3.8, 4) is 33.7 Å². The minimum atomic E-state index is -0.504. The molecule has 38 heavy (non-hydrogen) atoms. The van der Waals surface area contributed by atoms with E-state index in [-0.39, 0.29) is 17.0 Å². The molecule has 1 aliphatic rings. The molecule has 0 saturated carbocycles. The first kappa shape index (κ1) is 24.1. The van der Waals surface area contributed by atoms with Crippen LogP contribution >= 0.6 is 11.6 Å². The highest BCUT2D eigenvalue weighted by atomic mass is 35.5. The monoisotopic (exact) mass is 530 g/mol. The SMILES string of the molecule is Cn1ccn(-c2ccc(-c3cc(F)cc(-c4cc(N5CCNCC5)c5nccnc5c4)c3O)cc2Cl)c1=O. The Morgan fingerprint density at radius 1 is 0.947 bits per heavy atom. The fraction of sp³-hybridized carbons (Fsp3) is 0.179. The predicted molar refractivity (Wildman–Crippen MR) is 147 cm³/mol. The van der Waals surface area contributed by atoms with Crippen molar-refractivity contribution in [1.29, 1.82) is 0 Å². The summed E-state index contributed by atoms with van der Waals surface area (Å²) in [6, 6.07) is 11.3. The highest BCUT2D eigenvalue weighted by Gasteiger charge is 2.20. The van der Waals surface area contributed by atoms with E-state index < -0.39 is 5.82 Å². The lowest BCUT2D eigenvalue weighted by Gasteiger charge is -2.30. The Kier molecular flexibility index (Phi) is 6.09. The number of rotatable bonds is 4. The first-order chi connectivity index (χ1) is 18.4. The second kappa shape index (κ2) is 9.59. The summed E-state index contributed by atoms with van der Waals surface area (Å²) < 4.78 is 17.9. The van der Waals surface area contributed by atoms with Gasteiger partial charge in [0.1, 0.15) is 17.1 Å². The molecular formula is C28H24ClFN6O2. The van der Waals surface area contributed by atoms with E-state index >= 15 is 4.39 Å². The Morgan fingerprint density at radius 3 is 2.39 bits per heavy atom. The third kappa shape index (κ3) is 4.19. The molecule has 0 radical (unpaired) electrons. The third-order valence-electron chi connectivity index (χ3n) is 6.86. The maximum atomic E-state index is 15.0. The van der Waals surface area contributed by atoms with Gasteiger partial charge in [0.25, 0.3) is 0 Å². The fourth-order valence-corrected chi connectivity index (χ4v) is 5.19. The molecule has 0 bridgehead atoms. The summed E-state index contributed by atoms with van der Waals surface area (Å²) in [7, 11) is 1.65. The van der Waals surface area contributed by atoms with Crippen molar-refractivity contribution in [1.82, 2.24) is 24.4 Å². The van der Waals surface area contributed by atoms with E-state index in [1.807, 2.05) is 12.1 Å². The lowest BCUT2D eigenvalue weighted by Crippen LogP contribution is -2.43. The molecular weight excluding hydrogens is 507 g/mol. The summed E-state index contributed by atoms with van der Waals surface area (Å²) in [6.07, 6.45) is 6.54. The fourth-order valence-electron chi connectivity index (χ4n) is 4.92. The highest BCUT2D eigenvalue weighted by Crippen LogP contribution is 2.42. The number of hydrogen-bond donors (Lipinski definition) is 2. The predicted octanol–water partition coefficient (Wildman–Crippen LogP) is 4.36. The van der Waals surface area contributed by atoms with Crippen LogP contribution in [0.1, 0.15) is 0 Å². The Labute approximate surface area is 222 Å². The lowest BCUT2D eigenvalue weighted by molar-refractivity contribution is 0.477. The van der Waals surface area contributed by atoms with Gasteiger partial charge in [-0.25, -0.2) is 9.18 Å². The van der Waals surface area contributed by atoms with Gasteiger partial charge in [-0.3, -0.25) is 14.5 Å². The van der Waals surface area contributed by atoms with Crippen LogP contribution in [0.15, 0.2) is 72.0 Å². The molecule has 0 aliphatic carbocycles. The van der Waals surface area contributed by atoms with Crippen LogP contribution in [0.2, 0.25) is 5.02 Å². The van der Waals surface area contributed by atoms with Crippen molar-refractivity contribution in [2.45, 2.75) is 0 Å². The van der Waals surface area contributed by atoms with Crippen molar-refractivity contribution in [2.24, 2.45) is 7.05 Å². The molecule has 1 saturated heterocycles. The second-order valence-corrected chi connectivity index (χ2v) is 9.64. The number of nitrogens with one attached hydrogen (secondary N) is 1. The molecule has 2 N–H and O–H groups in total. The lowest BCUT2D eigenvalue weighted by atomic mass is 9.96. The number of phenols is 1. The topological polar surface area (TPSA) is 88.2 Å². The average Bonchev–Trinajstić information content (AvgIpc) is 3.27. The Balaban J connectivity index is 1.48. The third-order valence-corrected chi connectivity index (χ3v) is 7.17. The number of halogens is 2. The van der Waals surface area contributed by atoms with E-state index in [4.69, 9.17) is 11.6 Å². The van der Waals surface area contributed by atoms with E-state index in [0.717, 1.165) is 37.4 Å². The Bertz CT molecular complexity index is 1740. The summed E-state index contributed by atoms with van der Waals surface area (Å²) >= 11 is 6.55. The molecule has 3 aromatic carbocycles.